The van der Waals surface area contributed by atoms with E-state index >= 15 is 0 Å². The average molecular weight is 274 g/mol. The maximum Gasteiger partial charge on any atom is 0.228 e. The third kappa shape index (κ3) is 1.99. The lowest BCUT2D eigenvalue weighted by molar-refractivity contribution is -0.313. The van der Waals surface area contributed by atoms with Crippen LogP contribution in [-0.2, 0) is 9.59 Å². The molecule has 1 amide bonds. The Labute approximate surface area is 115 Å². The van der Waals surface area contributed by atoms with Crippen LogP contribution in [0.4, 0.5) is 10.1 Å². The number of hydrogen-bond acceptors (Lipinski definition) is 3. The highest BCUT2D eigenvalue weighted by atomic mass is 19.1. The van der Waals surface area contributed by atoms with E-state index in [2.05, 4.69) is 5.32 Å². The lowest BCUT2D eigenvalue weighted by Gasteiger charge is -2.27. The number of fused-ring (bicyclic) bond motifs is 2. The van der Waals surface area contributed by atoms with Gasteiger partial charge in [-0.05, 0) is 30.4 Å². The summed E-state index contributed by atoms with van der Waals surface area (Å²) in [6.45, 7) is 0. The molecule has 1 N–H and O–H groups in total. The normalized spacial score (nSPS) is 30.4. The van der Waals surface area contributed by atoms with Crippen molar-refractivity contribution in [2.24, 2.45) is 23.7 Å². The van der Waals surface area contributed by atoms with Crippen LogP contribution in [0.5, 0.6) is 0 Å². The summed E-state index contributed by atoms with van der Waals surface area (Å²) in [7, 11) is 0. The lowest BCUT2D eigenvalue weighted by atomic mass is 9.82. The van der Waals surface area contributed by atoms with E-state index in [1.807, 2.05) is 12.2 Å². The third-order valence-electron chi connectivity index (χ3n) is 4.17. The number of aliphatic carboxylic acids is 1. The predicted octanol–water partition coefficient (Wildman–Crippen LogP) is 0.952. The quantitative estimate of drug-likeness (QED) is 0.834. The zero-order valence-corrected chi connectivity index (χ0v) is 10.6. The van der Waals surface area contributed by atoms with Gasteiger partial charge in [0.2, 0.25) is 5.91 Å². The minimum atomic E-state index is -1.21. The van der Waals surface area contributed by atoms with Crippen LogP contribution in [0.3, 0.4) is 0 Å². The molecule has 1 saturated carbocycles. The van der Waals surface area contributed by atoms with Gasteiger partial charge in [0, 0.05) is 11.9 Å². The zero-order valence-electron chi connectivity index (χ0n) is 10.6. The van der Waals surface area contributed by atoms with Crippen LogP contribution < -0.4 is 10.4 Å². The van der Waals surface area contributed by atoms with Crippen LogP contribution in [-0.4, -0.2) is 11.9 Å². The zero-order chi connectivity index (χ0) is 14.3. The molecule has 2 aliphatic carbocycles. The van der Waals surface area contributed by atoms with Crippen molar-refractivity contribution < 1.29 is 19.1 Å². The first-order valence-electron chi connectivity index (χ1n) is 6.52. The molecule has 1 aromatic rings. The summed E-state index contributed by atoms with van der Waals surface area (Å²) in [6, 6.07) is 5.82. The van der Waals surface area contributed by atoms with Gasteiger partial charge in [0.15, 0.2) is 0 Å². The predicted molar refractivity (Wildman–Crippen MR) is 67.8 cm³/mol. The first kappa shape index (κ1) is 12.8. The minimum Gasteiger partial charge on any atom is -0.550 e. The molecule has 20 heavy (non-hydrogen) atoms. The number of rotatable bonds is 3. The van der Waals surface area contributed by atoms with Crippen LogP contribution in [0, 0.1) is 29.5 Å². The second-order valence-electron chi connectivity index (χ2n) is 5.29. The van der Waals surface area contributed by atoms with E-state index in [9.17, 15) is 19.1 Å². The van der Waals surface area contributed by atoms with Crippen LogP contribution in [0.25, 0.3) is 0 Å². The minimum absolute atomic E-state index is 0.0707. The number of carboxylic acids is 1. The summed E-state index contributed by atoms with van der Waals surface area (Å²) in [5.41, 5.74) is 0.0707. The molecule has 5 heteroatoms. The molecule has 1 aromatic carbocycles. The molecule has 1 fully saturated rings. The molecule has 2 aliphatic rings. The van der Waals surface area contributed by atoms with Gasteiger partial charge in [0.05, 0.1) is 11.6 Å². The molecule has 4 atom stereocenters. The molecule has 0 aromatic heterocycles. The van der Waals surface area contributed by atoms with Gasteiger partial charge in [-0.2, -0.15) is 0 Å². The summed E-state index contributed by atoms with van der Waals surface area (Å²) in [4.78, 5) is 23.5. The van der Waals surface area contributed by atoms with Crippen molar-refractivity contribution in [2.75, 3.05) is 5.32 Å². The molecule has 3 rings (SSSR count). The maximum absolute atomic E-state index is 13.5. The maximum atomic E-state index is 13.5. The average Bonchev–Trinajstić information content (AvgIpc) is 3.01. The molecule has 0 radical (unpaired) electrons. The summed E-state index contributed by atoms with van der Waals surface area (Å²) < 4.78 is 13.5. The molecule has 2 bridgehead atoms. The van der Waals surface area contributed by atoms with E-state index in [1.165, 1.54) is 18.2 Å². The van der Waals surface area contributed by atoms with E-state index in [4.69, 9.17) is 0 Å². The summed E-state index contributed by atoms with van der Waals surface area (Å²) >= 11 is 0. The SMILES string of the molecule is O=C([O-])[C@H]1[C@H](C(=O)Nc2ccccc2F)[C@H]2C=C[C@H]1C2. The Morgan fingerprint density at radius 3 is 2.45 bits per heavy atom. The Balaban J connectivity index is 1.82. The Hall–Kier alpha value is -2.17. The number of halogens is 1. The van der Waals surface area contributed by atoms with Gasteiger partial charge in [-0.1, -0.05) is 24.3 Å². The van der Waals surface area contributed by atoms with Crippen molar-refractivity contribution in [1.29, 1.82) is 0 Å². The number of hydrogen-bond donors (Lipinski definition) is 1. The summed E-state index contributed by atoms with van der Waals surface area (Å²) in [6.07, 6.45) is 4.35. The highest BCUT2D eigenvalue weighted by Gasteiger charge is 2.48. The van der Waals surface area contributed by atoms with Crippen molar-refractivity contribution in [3.63, 3.8) is 0 Å². The van der Waals surface area contributed by atoms with E-state index in [-0.39, 0.29) is 17.5 Å². The largest absolute Gasteiger partial charge is 0.550 e. The van der Waals surface area contributed by atoms with E-state index < -0.39 is 29.5 Å². The van der Waals surface area contributed by atoms with E-state index in [0.29, 0.717) is 6.42 Å². The molecule has 0 unspecified atom stereocenters. The Kier molecular flexibility index (Phi) is 3.04. The van der Waals surface area contributed by atoms with Crippen LogP contribution >= 0.6 is 0 Å². The van der Waals surface area contributed by atoms with Crippen molar-refractivity contribution in [2.45, 2.75) is 6.42 Å². The molecule has 0 spiro atoms. The first-order valence-corrected chi connectivity index (χ1v) is 6.52. The van der Waals surface area contributed by atoms with E-state index in [0.717, 1.165) is 0 Å². The van der Waals surface area contributed by atoms with Crippen molar-refractivity contribution in [3.8, 4) is 0 Å². The second kappa shape index (κ2) is 4.74. The highest BCUT2D eigenvalue weighted by molar-refractivity contribution is 5.96. The van der Waals surface area contributed by atoms with Gasteiger partial charge >= 0.3 is 0 Å². The number of carbonyl (C=O) groups excluding carboxylic acids is 2. The molecular formula is C15H13FNO3-. The molecule has 0 aliphatic heterocycles. The van der Waals surface area contributed by atoms with Crippen LogP contribution in [0.1, 0.15) is 6.42 Å². The standard InChI is InChI=1S/C15H14FNO3/c16-10-3-1-2-4-11(10)17-14(18)12-8-5-6-9(7-8)13(12)15(19)20/h1-6,8-9,12-13H,7H2,(H,17,18)(H,19,20)/p-1/t8-,9-,12+,13+/m0/s1. The highest BCUT2D eigenvalue weighted by Crippen LogP contribution is 2.48. The van der Waals surface area contributed by atoms with Crippen molar-refractivity contribution >= 4 is 17.6 Å². The van der Waals surface area contributed by atoms with Gasteiger partial charge in [0.1, 0.15) is 5.82 Å². The van der Waals surface area contributed by atoms with Gasteiger partial charge < -0.3 is 15.2 Å². The Bertz CT molecular complexity index is 599. The smallest absolute Gasteiger partial charge is 0.228 e. The number of para-hydroxylation sites is 1. The van der Waals surface area contributed by atoms with Gasteiger partial charge in [-0.15, -0.1) is 0 Å². The Morgan fingerprint density at radius 1 is 1.15 bits per heavy atom. The number of amides is 1. The fourth-order valence-corrected chi connectivity index (χ4v) is 3.28. The third-order valence-corrected chi connectivity index (χ3v) is 4.17. The lowest BCUT2D eigenvalue weighted by Crippen LogP contribution is -2.42. The molecule has 0 saturated heterocycles. The number of anilines is 1. The van der Waals surface area contributed by atoms with Crippen LogP contribution in [0.15, 0.2) is 36.4 Å². The molecular weight excluding hydrogens is 261 g/mol. The van der Waals surface area contributed by atoms with Crippen molar-refractivity contribution in [1.82, 2.24) is 0 Å². The van der Waals surface area contributed by atoms with Gasteiger partial charge in [0.25, 0.3) is 0 Å². The van der Waals surface area contributed by atoms with Gasteiger partial charge in [-0.3, -0.25) is 4.79 Å². The number of allylic oxidation sites excluding steroid dienone is 2. The Morgan fingerprint density at radius 2 is 1.80 bits per heavy atom. The second-order valence-corrected chi connectivity index (χ2v) is 5.29. The fraction of sp³-hybridized carbons (Fsp3) is 0.333. The summed E-state index contributed by atoms with van der Waals surface area (Å²) in [5, 5.41) is 13.7. The number of benzene rings is 1. The fourth-order valence-electron chi connectivity index (χ4n) is 3.28. The topological polar surface area (TPSA) is 69.2 Å². The number of carboxylic acid groups (broad SMARTS) is 1. The number of nitrogens with one attached hydrogen (secondary N) is 1. The molecule has 4 nitrogen and oxygen atoms in total. The molecule has 104 valence electrons. The van der Waals surface area contributed by atoms with Crippen LogP contribution in [0.2, 0.25) is 0 Å². The molecule has 0 heterocycles. The van der Waals surface area contributed by atoms with Gasteiger partial charge in [-0.25, -0.2) is 4.39 Å². The monoisotopic (exact) mass is 274 g/mol. The number of carbonyl (C=O) groups is 2. The van der Waals surface area contributed by atoms with E-state index in [1.54, 1.807) is 6.07 Å². The van der Waals surface area contributed by atoms with Crippen molar-refractivity contribution in [3.05, 3.63) is 42.2 Å². The summed E-state index contributed by atoms with van der Waals surface area (Å²) in [5.74, 6) is -3.97. The first-order chi connectivity index (χ1) is 9.58.